The van der Waals surface area contributed by atoms with Gasteiger partial charge in [-0.3, -0.25) is 10.1 Å². The molecule has 0 unspecified atom stereocenters. The van der Waals surface area contributed by atoms with Crippen molar-refractivity contribution in [3.63, 3.8) is 0 Å². The zero-order valence-electron chi connectivity index (χ0n) is 30.5. The number of pyridine rings is 1. The van der Waals surface area contributed by atoms with E-state index in [1.165, 1.54) is 6.33 Å². The molecule has 0 bridgehead atoms. The molecule has 4 heterocycles. The third kappa shape index (κ3) is 8.23. The number of benzene rings is 2. The number of carbonyl (C=O) groups is 2. The van der Waals surface area contributed by atoms with Crippen molar-refractivity contribution in [2.24, 2.45) is 0 Å². The van der Waals surface area contributed by atoms with E-state index in [4.69, 9.17) is 9.97 Å². The number of alkyl halides is 3. The fourth-order valence-corrected chi connectivity index (χ4v) is 7.64. The predicted molar refractivity (Wildman–Crippen MR) is 203 cm³/mol. The molecule has 14 nitrogen and oxygen atoms in total. The molecule has 17 heteroatoms. The first-order valence-corrected chi connectivity index (χ1v) is 18.6. The molecule has 56 heavy (non-hydrogen) atoms. The topological polar surface area (TPSA) is 174 Å². The number of hydrogen-bond donors (Lipinski definition) is 5. The molecule has 2 aliphatic rings. The number of carbonyl (C=O) groups excluding carboxylic acids is 2. The van der Waals surface area contributed by atoms with Gasteiger partial charge in [0.1, 0.15) is 18.0 Å². The second-order valence-electron chi connectivity index (χ2n) is 14.0. The Bertz CT molecular complexity index is 2070. The molecule has 1 saturated heterocycles. The molecule has 1 aliphatic carbocycles. The molecule has 0 radical (unpaired) electrons. The minimum atomic E-state index is -5.15. The lowest BCUT2D eigenvalue weighted by Crippen LogP contribution is -2.51. The molecule has 0 spiro atoms. The van der Waals surface area contributed by atoms with Crippen LogP contribution in [0.3, 0.4) is 0 Å². The first-order valence-electron chi connectivity index (χ1n) is 18.6. The van der Waals surface area contributed by atoms with Gasteiger partial charge in [0, 0.05) is 44.3 Å². The van der Waals surface area contributed by atoms with Crippen molar-refractivity contribution in [3.8, 4) is 0 Å². The number of hydrogen-bond acceptors (Lipinski definition) is 10. The second-order valence-corrected chi connectivity index (χ2v) is 14.0. The molecule has 1 aliphatic heterocycles. The summed E-state index contributed by atoms with van der Waals surface area (Å²) >= 11 is 0. The van der Waals surface area contributed by atoms with Crippen LogP contribution in [0.4, 0.5) is 35.5 Å². The zero-order chi connectivity index (χ0) is 39.4. The van der Waals surface area contributed by atoms with Crippen LogP contribution in [0, 0.1) is 0 Å². The maximum absolute atomic E-state index is 13.6. The Hall–Kier alpha value is -5.81. The highest BCUT2D eigenvalue weighted by atomic mass is 19.4. The van der Waals surface area contributed by atoms with Crippen LogP contribution in [0.2, 0.25) is 0 Å². The number of urea groups is 1. The largest absolute Gasteiger partial charge is 0.471 e. The summed E-state index contributed by atoms with van der Waals surface area (Å²) < 4.78 is 42.5. The lowest BCUT2D eigenvalue weighted by molar-refractivity contribution is -0.190. The Morgan fingerprint density at radius 1 is 0.946 bits per heavy atom. The molecule has 294 valence electrons. The second kappa shape index (κ2) is 16.5. The Kier molecular flexibility index (Phi) is 11.3. The number of anilines is 3. The van der Waals surface area contributed by atoms with Crippen molar-refractivity contribution < 1.29 is 33.0 Å². The number of aromatic nitrogens is 5. The van der Waals surface area contributed by atoms with Gasteiger partial charge >= 0.3 is 18.1 Å². The van der Waals surface area contributed by atoms with Gasteiger partial charge in [-0.25, -0.2) is 14.8 Å². The molecule has 3 amide bonds. The first-order chi connectivity index (χ1) is 27.0. The van der Waals surface area contributed by atoms with E-state index in [2.05, 4.69) is 25.9 Å². The van der Waals surface area contributed by atoms with E-state index in [0.29, 0.717) is 54.1 Å². The standard InChI is InChI=1S/C39H43F3N10O4/c1-2-18-51(36(55)39(40,41)42)28-20-29(33(54)32(28)53)52-23-45-31-34(44-21-27(24-11-5-3-6-12-24)25-13-7-4-8-14-25)48-37(49-35(31)52)50-19-16-26(22-50)46-38(56)47-30-15-9-10-17-43-30/h3-15,17,23,26-29,32-33,53-54H,2,16,18-22H2,1H3,(H,44,48,49)(H2,43,46,47,56)/t26-,28+,29-,32-,33+/m1/s1. The average Bonchev–Trinajstić information content (AvgIpc) is 3.92. The normalized spacial score (nSPS) is 21.1. The summed E-state index contributed by atoms with van der Waals surface area (Å²) in [6.45, 7) is 2.64. The average molecular weight is 773 g/mol. The van der Waals surface area contributed by atoms with E-state index >= 15 is 0 Å². The molecule has 2 fully saturated rings. The molecule has 2 aromatic carbocycles. The van der Waals surface area contributed by atoms with Crippen molar-refractivity contribution in [2.45, 2.75) is 68.6 Å². The van der Waals surface area contributed by atoms with Gasteiger partial charge in [0.15, 0.2) is 17.0 Å². The van der Waals surface area contributed by atoms with Gasteiger partial charge in [0.05, 0.1) is 18.4 Å². The Balaban J connectivity index is 1.21. The van der Waals surface area contributed by atoms with E-state index < -0.39 is 42.4 Å². The molecule has 5 atom stereocenters. The predicted octanol–water partition coefficient (Wildman–Crippen LogP) is 4.70. The van der Waals surface area contributed by atoms with Gasteiger partial charge in [-0.1, -0.05) is 73.7 Å². The van der Waals surface area contributed by atoms with Gasteiger partial charge in [-0.15, -0.1) is 0 Å². The maximum Gasteiger partial charge on any atom is 0.471 e. The molecule has 5 aromatic rings. The summed E-state index contributed by atoms with van der Waals surface area (Å²) in [6.07, 6.45) is -4.72. The van der Waals surface area contributed by atoms with Crippen LogP contribution in [0.1, 0.15) is 49.3 Å². The minimum Gasteiger partial charge on any atom is -0.388 e. The van der Waals surface area contributed by atoms with Crippen molar-refractivity contribution >= 4 is 40.7 Å². The summed E-state index contributed by atoms with van der Waals surface area (Å²) in [5.41, 5.74) is 2.76. The summed E-state index contributed by atoms with van der Waals surface area (Å²) in [5.74, 6) is -1.07. The number of aliphatic hydroxyl groups is 2. The van der Waals surface area contributed by atoms with Crippen LogP contribution < -0.4 is 20.9 Å². The highest BCUT2D eigenvalue weighted by Crippen LogP contribution is 2.38. The Morgan fingerprint density at radius 3 is 2.29 bits per heavy atom. The quantitative estimate of drug-likeness (QED) is 0.120. The highest BCUT2D eigenvalue weighted by Gasteiger charge is 2.51. The number of amides is 3. The number of rotatable bonds is 12. The summed E-state index contributed by atoms with van der Waals surface area (Å²) in [7, 11) is 0. The van der Waals surface area contributed by atoms with E-state index in [1.807, 2.05) is 65.6 Å². The minimum absolute atomic E-state index is 0.0887. The number of fused-ring (bicyclic) bond motifs is 1. The van der Waals surface area contributed by atoms with Gasteiger partial charge < -0.3 is 35.2 Å². The summed E-state index contributed by atoms with van der Waals surface area (Å²) in [4.78, 5) is 46.3. The van der Waals surface area contributed by atoms with Crippen molar-refractivity contribution in [1.29, 1.82) is 0 Å². The van der Waals surface area contributed by atoms with E-state index in [-0.39, 0.29) is 37.0 Å². The summed E-state index contributed by atoms with van der Waals surface area (Å²) in [5, 5.41) is 31.6. The zero-order valence-corrected chi connectivity index (χ0v) is 30.5. The molecular weight excluding hydrogens is 729 g/mol. The van der Waals surface area contributed by atoms with Gasteiger partial charge in [0.2, 0.25) is 5.95 Å². The molecule has 7 rings (SSSR count). The van der Waals surface area contributed by atoms with E-state index in [1.54, 1.807) is 35.9 Å². The Morgan fingerprint density at radius 2 is 1.64 bits per heavy atom. The van der Waals surface area contributed by atoms with Crippen molar-refractivity contribution in [3.05, 3.63) is 103 Å². The molecule has 1 saturated carbocycles. The third-order valence-corrected chi connectivity index (χ3v) is 10.3. The number of aliphatic hydroxyl groups excluding tert-OH is 2. The van der Waals surface area contributed by atoms with Crippen LogP contribution in [-0.4, -0.2) is 108 Å². The SMILES string of the molecule is CCCN(C(=O)C(F)(F)F)[C@H]1C[C@@H](n2cnc3c(NCC(c4ccccc4)c4ccccc4)nc(N4CC[C@@H](NC(=O)Nc5ccccn5)C4)nc32)[C@H](O)[C@@H]1O. The van der Waals surface area contributed by atoms with Crippen LogP contribution in [0.5, 0.6) is 0 Å². The molecule has 5 N–H and O–H groups in total. The number of imidazole rings is 1. The van der Waals surface area contributed by atoms with Crippen LogP contribution in [0.25, 0.3) is 11.2 Å². The lowest BCUT2D eigenvalue weighted by Gasteiger charge is -2.31. The number of halogens is 3. The monoisotopic (exact) mass is 772 g/mol. The number of nitrogens with zero attached hydrogens (tertiary/aromatic N) is 7. The van der Waals surface area contributed by atoms with Gasteiger partial charge in [-0.2, -0.15) is 23.1 Å². The maximum atomic E-state index is 13.6. The number of nitrogens with one attached hydrogen (secondary N) is 3. The van der Waals surface area contributed by atoms with E-state index in [0.717, 1.165) is 11.1 Å². The van der Waals surface area contributed by atoms with Crippen LogP contribution in [0.15, 0.2) is 91.4 Å². The summed E-state index contributed by atoms with van der Waals surface area (Å²) in [6, 6.07) is 22.2. The highest BCUT2D eigenvalue weighted by molar-refractivity contribution is 5.88. The van der Waals surface area contributed by atoms with Gasteiger partial charge in [0.25, 0.3) is 0 Å². The van der Waals surface area contributed by atoms with Crippen LogP contribution in [-0.2, 0) is 4.79 Å². The Labute approximate surface area is 320 Å². The first kappa shape index (κ1) is 38.5. The van der Waals surface area contributed by atoms with Crippen molar-refractivity contribution in [1.82, 2.24) is 34.7 Å². The fraction of sp³-hybridized carbons (Fsp3) is 0.385. The van der Waals surface area contributed by atoms with Gasteiger partial charge in [-0.05, 0) is 42.5 Å². The van der Waals surface area contributed by atoms with Crippen molar-refractivity contribution in [2.75, 3.05) is 41.7 Å². The molecule has 3 aromatic heterocycles. The lowest BCUT2D eigenvalue weighted by atomic mass is 9.91. The molecular formula is C39H43F3N10O4. The van der Waals surface area contributed by atoms with E-state index in [9.17, 15) is 33.0 Å². The van der Waals surface area contributed by atoms with Crippen LogP contribution >= 0.6 is 0 Å². The fourth-order valence-electron chi connectivity index (χ4n) is 7.64. The third-order valence-electron chi connectivity index (χ3n) is 10.3. The smallest absolute Gasteiger partial charge is 0.388 e.